The Labute approximate surface area is 116 Å². The molecular formula is C15H15FN2O2. The number of aryl methyl sites for hydroxylation is 1. The fourth-order valence-corrected chi connectivity index (χ4v) is 1.97. The van der Waals surface area contributed by atoms with E-state index < -0.39 is 4.92 Å². The predicted octanol–water partition coefficient (Wildman–Crippen LogP) is 3.70. The van der Waals surface area contributed by atoms with Crippen molar-refractivity contribution in [3.63, 3.8) is 0 Å². The lowest BCUT2D eigenvalue weighted by atomic mass is 10.1. The van der Waals surface area contributed by atoms with Crippen molar-refractivity contribution in [2.45, 2.75) is 13.3 Å². The van der Waals surface area contributed by atoms with Crippen molar-refractivity contribution < 1.29 is 9.31 Å². The highest BCUT2D eigenvalue weighted by atomic mass is 19.1. The Morgan fingerprint density at radius 2 is 1.90 bits per heavy atom. The monoisotopic (exact) mass is 274 g/mol. The zero-order valence-electron chi connectivity index (χ0n) is 11.1. The normalized spacial score (nSPS) is 10.3. The number of nitrogens with zero attached hydrogens (tertiary/aromatic N) is 1. The molecule has 0 fully saturated rings. The van der Waals surface area contributed by atoms with E-state index in [0.29, 0.717) is 13.0 Å². The first-order chi connectivity index (χ1) is 9.54. The Balaban J connectivity index is 1.90. The minimum atomic E-state index is -0.419. The summed E-state index contributed by atoms with van der Waals surface area (Å²) in [5.74, 6) is -0.261. The van der Waals surface area contributed by atoms with Crippen molar-refractivity contribution in [3.8, 4) is 0 Å². The standard InChI is InChI=1S/C15H15FN2O2/c1-11-8-13(16)10-14(9-11)17-7-6-12-2-4-15(5-3-12)18(19)20/h2-5,8-10,17H,6-7H2,1H3. The first-order valence-corrected chi connectivity index (χ1v) is 6.29. The van der Waals surface area contributed by atoms with Crippen LogP contribution in [0, 0.1) is 22.9 Å². The summed E-state index contributed by atoms with van der Waals surface area (Å²) < 4.78 is 13.2. The number of rotatable bonds is 5. The number of hydrogen-bond donors (Lipinski definition) is 1. The van der Waals surface area contributed by atoms with Crippen LogP contribution >= 0.6 is 0 Å². The molecule has 0 aromatic heterocycles. The van der Waals surface area contributed by atoms with Gasteiger partial charge in [0.05, 0.1) is 4.92 Å². The third-order valence-electron chi connectivity index (χ3n) is 2.93. The molecular weight excluding hydrogens is 259 g/mol. The third-order valence-corrected chi connectivity index (χ3v) is 2.93. The quantitative estimate of drug-likeness (QED) is 0.668. The van der Waals surface area contributed by atoms with Crippen LogP contribution < -0.4 is 5.32 Å². The Morgan fingerprint density at radius 1 is 1.20 bits per heavy atom. The number of anilines is 1. The van der Waals surface area contributed by atoms with E-state index >= 15 is 0 Å². The van der Waals surface area contributed by atoms with Gasteiger partial charge in [-0.25, -0.2) is 4.39 Å². The fourth-order valence-electron chi connectivity index (χ4n) is 1.97. The fraction of sp³-hybridized carbons (Fsp3) is 0.200. The zero-order valence-corrected chi connectivity index (χ0v) is 11.1. The predicted molar refractivity (Wildman–Crippen MR) is 76.4 cm³/mol. The molecule has 0 heterocycles. The van der Waals surface area contributed by atoms with Crippen LogP contribution in [-0.4, -0.2) is 11.5 Å². The van der Waals surface area contributed by atoms with Gasteiger partial charge in [-0.3, -0.25) is 10.1 Å². The van der Waals surface area contributed by atoms with Crippen LogP contribution in [0.2, 0.25) is 0 Å². The molecule has 2 rings (SSSR count). The average Bonchev–Trinajstić information content (AvgIpc) is 2.38. The van der Waals surface area contributed by atoms with E-state index in [1.165, 1.54) is 24.3 Å². The maximum atomic E-state index is 13.2. The molecule has 0 bridgehead atoms. The van der Waals surface area contributed by atoms with Gasteiger partial charge in [-0.1, -0.05) is 12.1 Å². The summed E-state index contributed by atoms with van der Waals surface area (Å²) in [7, 11) is 0. The van der Waals surface area contributed by atoms with Crippen LogP contribution in [0.4, 0.5) is 15.8 Å². The Hall–Kier alpha value is -2.43. The molecule has 0 aliphatic heterocycles. The van der Waals surface area contributed by atoms with Crippen LogP contribution in [-0.2, 0) is 6.42 Å². The number of nitro groups is 1. The second-order valence-electron chi connectivity index (χ2n) is 4.62. The van der Waals surface area contributed by atoms with E-state index in [1.54, 1.807) is 12.1 Å². The van der Waals surface area contributed by atoms with Gasteiger partial charge in [-0.2, -0.15) is 0 Å². The molecule has 20 heavy (non-hydrogen) atoms. The summed E-state index contributed by atoms with van der Waals surface area (Å²) in [6.07, 6.45) is 0.716. The van der Waals surface area contributed by atoms with E-state index in [0.717, 1.165) is 16.8 Å². The van der Waals surface area contributed by atoms with Crippen molar-refractivity contribution in [1.82, 2.24) is 0 Å². The summed E-state index contributed by atoms with van der Waals surface area (Å²) in [5.41, 5.74) is 2.69. The third kappa shape index (κ3) is 3.78. The van der Waals surface area contributed by atoms with E-state index in [-0.39, 0.29) is 11.5 Å². The maximum absolute atomic E-state index is 13.2. The van der Waals surface area contributed by atoms with Crippen LogP contribution in [0.1, 0.15) is 11.1 Å². The van der Waals surface area contributed by atoms with Crippen molar-refractivity contribution in [2.75, 3.05) is 11.9 Å². The molecule has 104 valence electrons. The molecule has 0 aliphatic carbocycles. The van der Waals surface area contributed by atoms with Crippen LogP contribution in [0.3, 0.4) is 0 Å². The Morgan fingerprint density at radius 3 is 2.50 bits per heavy atom. The SMILES string of the molecule is Cc1cc(F)cc(NCCc2ccc([N+](=O)[O-])cc2)c1. The van der Waals surface area contributed by atoms with Crippen LogP contribution in [0.25, 0.3) is 0 Å². The van der Waals surface area contributed by atoms with Gasteiger partial charge >= 0.3 is 0 Å². The Kier molecular flexibility index (Phi) is 4.30. The van der Waals surface area contributed by atoms with Crippen molar-refractivity contribution in [2.24, 2.45) is 0 Å². The van der Waals surface area contributed by atoms with Gasteiger partial charge < -0.3 is 5.32 Å². The van der Waals surface area contributed by atoms with Crippen LogP contribution in [0.15, 0.2) is 42.5 Å². The number of nitrogens with one attached hydrogen (secondary N) is 1. The van der Waals surface area contributed by atoms with Crippen molar-refractivity contribution in [3.05, 3.63) is 69.5 Å². The van der Waals surface area contributed by atoms with E-state index in [2.05, 4.69) is 5.32 Å². The molecule has 0 atom stereocenters. The molecule has 5 heteroatoms. The highest BCUT2D eigenvalue weighted by Gasteiger charge is 2.03. The molecule has 0 amide bonds. The van der Waals surface area contributed by atoms with Crippen molar-refractivity contribution in [1.29, 1.82) is 0 Å². The number of halogens is 1. The van der Waals surface area contributed by atoms with Gasteiger partial charge in [0, 0.05) is 24.4 Å². The van der Waals surface area contributed by atoms with Crippen molar-refractivity contribution >= 4 is 11.4 Å². The summed E-state index contributed by atoms with van der Waals surface area (Å²) >= 11 is 0. The second kappa shape index (κ2) is 6.14. The largest absolute Gasteiger partial charge is 0.385 e. The number of nitro benzene ring substituents is 1. The molecule has 0 saturated carbocycles. The first-order valence-electron chi connectivity index (χ1n) is 6.29. The molecule has 2 aromatic carbocycles. The van der Waals surface area contributed by atoms with Gasteiger partial charge in [0.2, 0.25) is 0 Å². The number of hydrogen-bond acceptors (Lipinski definition) is 3. The molecule has 0 aliphatic rings. The lowest BCUT2D eigenvalue weighted by molar-refractivity contribution is -0.384. The van der Waals surface area contributed by atoms with E-state index in [9.17, 15) is 14.5 Å². The smallest absolute Gasteiger partial charge is 0.269 e. The number of non-ortho nitro benzene ring substituents is 1. The minimum absolute atomic E-state index is 0.0856. The average molecular weight is 274 g/mol. The topological polar surface area (TPSA) is 55.2 Å². The van der Waals surface area contributed by atoms with Gasteiger partial charge in [-0.05, 0) is 42.7 Å². The minimum Gasteiger partial charge on any atom is -0.385 e. The zero-order chi connectivity index (χ0) is 14.5. The van der Waals surface area contributed by atoms with Gasteiger partial charge in [-0.15, -0.1) is 0 Å². The van der Waals surface area contributed by atoms with Gasteiger partial charge in [0.1, 0.15) is 5.82 Å². The lowest BCUT2D eigenvalue weighted by Crippen LogP contribution is -2.05. The molecule has 4 nitrogen and oxygen atoms in total. The molecule has 0 saturated heterocycles. The molecule has 0 unspecified atom stereocenters. The summed E-state index contributed by atoms with van der Waals surface area (Å²) in [6.45, 7) is 2.48. The molecule has 0 spiro atoms. The maximum Gasteiger partial charge on any atom is 0.269 e. The summed E-state index contributed by atoms with van der Waals surface area (Å²) in [4.78, 5) is 10.1. The summed E-state index contributed by atoms with van der Waals surface area (Å²) in [6, 6.07) is 11.2. The van der Waals surface area contributed by atoms with E-state index in [1.807, 2.05) is 13.0 Å². The summed E-state index contributed by atoms with van der Waals surface area (Å²) in [5, 5.41) is 13.7. The van der Waals surface area contributed by atoms with Gasteiger partial charge in [0.15, 0.2) is 0 Å². The number of benzene rings is 2. The molecule has 1 N–H and O–H groups in total. The van der Waals surface area contributed by atoms with E-state index in [4.69, 9.17) is 0 Å². The second-order valence-corrected chi connectivity index (χ2v) is 4.62. The highest BCUT2D eigenvalue weighted by Crippen LogP contribution is 2.15. The lowest BCUT2D eigenvalue weighted by Gasteiger charge is -2.07. The molecule has 0 radical (unpaired) electrons. The highest BCUT2D eigenvalue weighted by molar-refractivity contribution is 5.46. The molecule has 2 aromatic rings. The Bertz CT molecular complexity index is 592. The first kappa shape index (κ1) is 14.0. The van der Waals surface area contributed by atoms with Crippen LogP contribution in [0.5, 0.6) is 0 Å². The van der Waals surface area contributed by atoms with Gasteiger partial charge in [0.25, 0.3) is 5.69 Å².